The van der Waals surface area contributed by atoms with Crippen LogP contribution in [-0.4, -0.2) is 26.1 Å². The zero-order chi connectivity index (χ0) is 12.0. The van der Waals surface area contributed by atoms with Gasteiger partial charge in [0.2, 0.25) is 0 Å². The summed E-state index contributed by atoms with van der Waals surface area (Å²) in [5, 5.41) is 6.98. The summed E-state index contributed by atoms with van der Waals surface area (Å²) < 4.78 is 26.1. The van der Waals surface area contributed by atoms with Gasteiger partial charge in [0.15, 0.2) is 0 Å². The van der Waals surface area contributed by atoms with Gasteiger partial charge in [-0.3, -0.25) is 0 Å². The third-order valence-corrected chi connectivity index (χ3v) is 1.68. The van der Waals surface area contributed by atoms with Crippen LogP contribution < -0.4 is 0 Å². The molecule has 0 aliphatic carbocycles. The van der Waals surface area contributed by atoms with E-state index in [1.165, 1.54) is 26.5 Å². The number of hydrogen-bond acceptors (Lipinski definition) is 4. The van der Waals surface area contributed by atoms with Crippen LogP contribution in [0.1, 0.15) is 5.56 Å². The minimum atomic E-state index is -0.752. The van der Waals surface area contributed by atoms with E-state index in [-0.39, 0.29) is 11.3 Å². The lowest BCUT2D eigenvalue weighted by Gasteiger charge is -2.01. The molecule has 0 bridgehead atoms. The van der Waals surface area contributed by atoms with Crippen molar-refractivity contribution in [3.63, 3.8) is 0 Å². The molecule has 86 valence electrons. The van der Waals surface area contributed by atoms with Crippen LogP contribution in [0.25, 0.3) is 0 Å². The van der Waals surface area contributed by atoms with Gasteiger partial charge in [-0.1, -0.05) is 10.3 Å². The highest BCUT2D eigenvalue weighted by Crippen LogP contribution is 2.10. The molecular weight excluding hydrogens is 218 g/mol. The van der Waals surface area contributed by atoms with Gasteiger partial charge in [-0.25, -0.2) is 8.78 Å². The van der Waals surface area contributed by atoms with E-state index in [0.29, 0.717) is 0 Å². The molecule has 0 fully saturated rings. The van der Waals surface area contributed by atoms with Crippen LogP contribution >= 0.6 is 0 Å². The Bertz CT molecular complexity index is 419. The molecule has 0 heterocycles. The molecule has 0 spiro atoms. The van der Waals surface area contributed by atoms with Gasteiger partial charge in [-0.15, -0.1) is 0 Å². The molecule has 0 N–H and O–H groups in total. The van der Waals surface area contributed by atoms with Gasteiger partial charge >= 0.3 is 0 Å². The van der Waals surface area contributed by atoms with Gasteiger partial charge in [0.25, 0.3) is 0 Å². The maximum Gasteiger partial charge on any atom is 0.135 e. The number of halogens is 2. The Hall–Kier alpha value is -1.98. The first kappa shape index (κ1) is 12.1. The fourth-order valence-corrected chi connectivity index (χ4v) is 1.04. The third kappa shape index (κ3) is 3.01. The highest BCUT2D eigenvalue weighted by molar-refractivity contribution is 6.38. The molecule has 6 heteroatoms. The molecule has 0 unspecified atom stereocenters. The maximum absolute atomic E-state index is 13.4. The van der Waals surface area contributed by atoms with Crippen LogP contribution in [0, 0.1) is 11.6 Å². The van der Waals surface area contributed by atoms with Crippen molar-refractivity contribution in [2.75, 3.05) is 14.2 Å². The number of nitrogens with zero attached hydrogens (tertiary/aromatic N) is 2. The molecule has 0 saturated heterocycles. The predicted molar refractivity (Wildman–Crippen MR) is 55.4 cm³/mol. The Kier molecular flexibility index (Phi) is 4.38. The molecule has 16 heavy (non-hydrogen) atoms. The number of rotatable bonds is 4. The summed E-state index contributed by atoms with van der Waals surface area (Å²) in [6, 6.07) is 3.11. The Balaban J connectivity index is 3.11. The standard InChI is InChI=1S/C10H10F2N2O2/c1-15-13-6-10(14-16-2)8-4-3-7(11)5-9(8)12/h3-6H,1-2H3. The smallest absolute Gasteiger partial charge is 0.135 e. The minimum absolute atomic E-state index is 0.0732. The van der Waals surface area contributed by atoms with E-state index in [9.17, 15) is 8.78 Å². The summed E-state index contributed by atoms with van der Waals surface area (Å²) in [7, 11) is 2.64. The van der Waals surface area contributed by atoms with Crippen molar-refractivity contribution >= 4 is 11.9 Å². The van der Waals surface area contributed by atoms with Crippen molar-refractivity contribution in [3.05, 3.63) is 35.4 Å². The first-order valence-corrected chi connectivity index (χ1v) is 4.32. The Morgan fingerprint density at radius 2 is 2.00 bits per heavy atom. The van der Waals surface area contributed by atoms with Gasteiger partial charge in [-0.05, 0) is 12.1 Å². The molecular formula is C10H10F2N2O2. The fraction of sp³-hybridized carbons (Fsp3) is 0.200. The predicted octanol–water partition coefficient (Wildman–Crippen LogP) is 1.95. The Labute approximate surface area is 91.1 Å². The van der Waals surface area contributed by atoms with E-state index in [4.69, 9.17) is 0 Å². The van der Waals surface area contributed by atoms with Crippen LogP contribution in [-0.2, 0) is 9.68 Å². The van der Waals surface area contributed by atoms with Crippen molar-refractivity contribution in [2.24, 2.45) is 10.3 Å². The van der Waals surface area contributed by atoms with E-state index in [1.807, 2.05) is 0 Å². The largest absolute Gasteiger partial charge is 0.399 e. The number of oxime groups is 2. The summed E-state index contributed by atoms with van der Waals surface area (Å²) in [4.78, 5) is 8.96. The minimum Gasteiger partial charge on any atom is -0.399 e. The average Bonchev–Trinajstić information content (AvgIpc) is 2.25. The SMILES string of the molecule is CON=CC(=NOC)c1ccc(F)cc1F. The molecule has 0 atom stereocenters. The maximum atomic E-state index is 13.4. The molecule has 4 nitrogen and oxygen atoms in total. The van der Waals surface area contributed by atoms with Gasteiger partial charge in [0.1, 0.15) is 31.6 Å². The molecule has 0 aliphatic heterocycles. The third-order valence-electron chi connectivity index (χ3n) is 1.68. The molecule has 1 rings (SSSR count). The topological polar surface area (TPSA) is 43.2 Å². The van der Waals surface area contributed by atoms with Crippen molar-refractivity contribution in [2.45, 2.75) is 0 Å². The normalized spacial score (nSPS) is 11.9. The first-order valence-electron chi connectivity index (χ1n) is 4.32. The zero-order valence-corrected chi connectivity index (χ0v) is 8.78. The second kappa shape index (κ2) is 5.79. The summed E-state index contributed by atoms with van der Waals surface area (Å²) in [5.41, 5.74) is 0.172. The summed E-state index contributed by atoms with van der Waals surface area (Å²) in [5.74, 6) is -1.42. The molecule has 0 aromatic heterocycles. The number of benzene rings is 1. The van der Waals surface area contributed by atoms with Crippen molar-refractivity contribution in [1.82, 2.24) is 0 Å². The monoisotopic (exact) mass is 228 g/mol. The van der Waals surface area contributed by atoms with Gasteiger partial charge in [0, 0.05) is 11.6 Å². The first-order chi connectivity index (χ1) is 7.69. The lowest BCUT2D eigenvalue weighted by Crippen LogP contribution is -2.07. The van der Waals surface area contributed by atoms with Crippen LogP contribution in [0.4, 0.5) is 8.78 Å². The lowest BCUT2D eigenvalue weighted by molar-refractivity contribution is 0.211. The zero-order valence-electron chi connectivity index (χ0n) is 8.78. The average molecular weight is 228 g/mol. The van der Waals surface area contributed by atoms with Gasteiger partial charge < -0.3 is 9.68 Å². The van der Waals surface area contributed by atoms with Crippen molar-refractivity contribution in [3.8, 4) is 0 Å². The van der Waals surface area contributed by atoms with Crippen LogP contribution in [0.3, 0.4) is 0 Å². The second-order valence-electron chi connectivity index (χ2n) is 2.70. The molecule has 0 aliphatic rings. The van der Waals surface area contributed by atoms with Crippen LogP contribution in [0.2, 0.25) is 0 Å². The highest BCUT2D eigenvalue weighted by Gasteiger charge is 2.09. The summed E-state index contributed by atoms with van der Waals surface area (Å²) in [6.07, 6.45) is 1.17. The Morgan fingerprint density at radius 3 is 2.56 bits per heavy atom. The molecule has 0 amide bonds. The van der Waals surface area contributed by atoms with E-state index < -0.39 is 11.6 Å². The molecule has 1 aromatic rings. The Morgan fingerprint density at radius 1 is 1.25 bits per heavy atom. The lowest BCUT2D eigenvalue weighted by atomic mass is 10.1. The van der Waals surface area contributed by atoms with Crippen molar-refractivity contribution in [1.29, 1.82) is 0 Å². The molecule has 1 aromatic carbocycles. The van der Waals surface area contributed by atoms with E-state index >= 15 is 0 Å². The van der Waals surface area contributed by atoms with Crippen LogP contribution in [0.15, 0.2) is 28.5 Å². The van der Waals surface area contributed by atoms with Crippen molar-refractivity contribution < 1.29 is 18.5 Å². The summed E-state index contributed by atoms with van der Waals surface area (Å²) >= 11 is 0. The van der Waals surface area contributed by atoms with E-state index in [1.54, 1.807) is 0 Å². The van der Waals surface area contributed by atoms with E-state index in [0.717, 1.165) is 12.1 Å². The van der Waals surface area contributed by atoms with Gasteiger partial charge in [0.05, 0.1) is 6.21 Å². The van der Waals surface area contributed by atoms with Crippen LogP contribution in [0.5, 0.6) is 0 Å². The van der Waals surface area contributed by atoms with Gasteiger partial charge in [-0.2, -0.15) is 0 Å². The van der Waals surface area contributed by atoms with E-state index in [2.05, 4.69) is 20.0 Å². The second-order valence-corrected chi connectivity index (χ2v) is 2.70. The molecule has 0 saturated carbocycles. The fourth-order valence-electron chi connectivity index (χ4n) is 1.04. The quantitative estimate of drug-likeness (QED) is 0.584. The summed E-state index contributed by atoms with van der Waals surface area (Å²) in [6.45, 7) is 0. The molecule has 0 radical (unpaired) electrons. The number of hydrogen-bond donors (Lipinski definition) is 0. The highest BCUT2D eigenvalue weighted by atomic mass is 19.1.